The van der Waals surface area contributed by atoms with Crippen molar-refractivity contribution in [1.82, 2.24) is 14.5 Å². The van der Waals surface area contributed by atoms with Crippen LogP contribution in [0, 0.1) is 6.92 Å². The van der Waals surface area contributed by atoms with Crippen LogP contribution >= 0.6 is 11.6 Å². The van der Waals surface area contributed by atoms with Crippen LogP contribution in [0.5, 0.6) is 0 Å². The molecule has 0 aliphatic carbocycles. The molecular weight excluding hydrogens is 460 g/mol. The maximum atomic E-state index is 13.7. The van der Waals surface area contributed by atoms with Crippen molar-refractivity contribution in [1.29, 1.82) is 0 Å². The van der Waals surface area contributed by atoms with Crippen LogP contribution in [-0.4, -0.2) is 33.4 Å². The topological polar surface area (TPSA) is 81.2 Å². The molecule has 1 aromatic heterocycles. The molecule has 0 saturated heterocycles. The summed E-state index contributed by atoms with van der Waals surface area (Å²) in [5.41, 5.74) is 8.90. The second-order valence-electron chi connectivity index (χ2n) is 8.59. The predicted octanol–water partition coefficient (Wildman–Crippen LogP) is 4.96. The quantitative estimate of drug-likeness (QED) is 0.380. The summed E-state index contributed by atoms with van der Waals surface area (Å²) in [5.74, 6) is 0.374. The summed E-state index contributed by atoms with van der Waals surface area (Å²) in [6, 6.07) is 21.9. The van der Waals surface area contributed by atoms with Crippen LogP contribution in [-0.2, 0) is 6.54 Å². The summed E-state index contributed by atoms with van der Waals surface area (Å²) in [4.78, 5) is 33.9. The first-order valence-electron chi connectivity index (χ1n) is 11.7. The number of nitrogens with zero attached hydrogens (tertiary/aromatic N) is 3. The molecule has 180 valence electrons. The fourth-order valence-electron chi connectivity index (χ4n) is 4.33. The number of aromatic nitrogens is 2. The number of fused-ring (bicyclic) bond motifs is 1. The summed E-state index contributed by atoms with van der Waals surface area (Å²) in [6.45, 7) is 4.92. The summed E-state index contributed by atoms with van der Waals surface area (Å²) in [5, 5.41) is 0.984. The van der Waals surface area contributed by atoms with E-state index in [1.165, 1.54) is 0 Å². The SMILES string of the molecule is CCC(c1nc2cc(Cl)ccc2c(=O)n1Cc1ccccc1)N(CCN)C(=O)c1ccc(C)cc1. The Bertz CT molecular complexity index is 1380. The highest BCUT2D eigenvalue weighted by Crippen LogP contribution is 2.27. The average Bonchev–Trinajstić information content (AvgIpc) is 2.86. The normalized spacial score (nSPS) is 12.0. The van der Waals surface area contributed by atoms with Crippen molar-refractivity contribution >= 4 is 28.4 Å². The van der Waals surface area contributed by atoms with Gasteiger partial charge in [-0.25, -0.2) is 4.98 Å². The predicted molar refractivity (Wildman–Crippen MR) is 141 cm³/mol. The number of aryl methyl sites for hydroxylation is 1. The second kappa shape index (κ2) is 10.8. The van der Waals surface area contributed by atoms with Gasteiger partial charge in [0.2, 0.25) is 0 Å². The lowest BCUT2D eigenvalue weighted by molar-refractivity contribution is 0.0664. The minimum absolute atomic E-state index is 0.144. The number of amides is 1. The van der Waals surface area contributed by atoms with E-state index in [9.17, 15) is 9.59 Å². The molecular formula is C28H29ClN4O2. The molecule has 1 unspecified atom stereocenters. The smallest absolute Gasteiger partial charge is 0.261 e. The lowest BCUT2D eigenvalue weighted by Crippen LogP contribution is -2.41. The van der Waals surface area contributed by atoms with Crippen LogP contribution < -0.4 is 11.3 Å². The number of rotatable bonds is 8. The van der Waals surface area contributed by atoms with Gasteiger partial charge in [0.25, 0.3) is 11.5 Å². The first-order chi connectivity index (χ1) is 16.9. The number of nitrogens with two attached hydrogens (primary N) is 1. The largest absolute Gasteiger partial charge is 0.329 e. The highest BCUT2D eigenvalue weighted by Gasteiger charge is 2.29. The van der Waals surface area contributed by atoms with Gasteiger partial charge in [-0.1, -0.05) is 66.6 Å². The molecule has 1 amide bonds. The van der Waals surface area contributed by atoms with Gasteiger partial charge < -0.3 is 10.6 Å². The van der Waals surface area contributed by atoms with E-state index in [2.05, 4.69) is 0 Å². The fourth-order valence-corrected chi connectivity index (χ4v) is 4.49. The lowest BCUT2D eigenvalue weighted by atomic mass is 10.1. The summed E-state index contributed by atoms with van der Waals surface area (Å²) in [6.07, 6.45) is 0.560. The van der Waals surface area contributed by atoms with E-state index < -0.39 is 6.04 Å². The van der Waals surface area contributed by atoms with Crippen LogP contribution in [0.1, 0.15) is 46.7 Å². The van der Waals surface area contributed by atoms with E-state index in [0.29, 0.717) is 46.8 Å². The second-order valence-corrected chi connectivity index (χ2v) is 9.02. The molecule has 6 nitrogen and oxygen atoms in total. The zero-order chi connectivity index (χ0) is 24.9. The number of hydrogen-bond acceptors (Lipinski definition) is 4. The Kier molecular flexibility index (Phi) is 7.63. The number of carbonyl (C=O) groups is 1. The highest BCUT2D eigenvalue weighted by molar-refractivity contribution is 6.31. The number of halogens is 1. The van der Waals surface area contributed by atoms with Crippen molar-refractivity contribution in [3.05, 3.63) is 111 Å². The van der Waals surface area contributed by atoms with E-state index in [1.807, 2.05) is 68.4 Å². The van der Waals surface area contributed by atoms with Crippen molar-refractivity contribution in [2.24, 2.45) is 5.73 Å². The number of carbonyl (C=O) groups excluding carboxylic acids is 1. The molecule has 0 spiro atoms. The molecule has 7 heteroatoms. The minimum atomic E-state index is -0.452. The Morgan fingerprint density at radius 1 is 1.09 bits per heavy atom. The molecule has 4 aromatic rings. The van der Waals surface area contributed by atoms with Crippen molar-refractivity contribution in [2.75, 3.05) is 13.1 Å². The van der Waals surface area contributed by atoms with Crippen LogP contribution in [0.3, 0.4) is 0 Å². The van der Waals surface area contributed by atoms with E-state index in [-0.39, 0.29) is 18.0 Å². The Labute approximate surface area is 210 Å². The first kappa shape index (κ1) is 24.6. The van der Waals surface area contributed by atoms with Crippen molar-refractivity contribution in [2.45, 2.75) is 32.9 Å². The molecule has 0 radical (unpaired) electrons. The Morgan fingerprint density at radius 2 is 1.80 bits per heavy atom. The van der Waals surface area contributed by atoms with E-state index in [4.69, 9.17) is 22.3 Å². The molecule has 0 aliphatic rings. The number of benzene rings is 3. The standard InChI is InChI=1S/C28H29ClN4O2/c1-3-25(32(16-15-30)27(34)21-11-9-19(2)10-12-21)26-31-24-17-22(29)13-14-23(24)28(35)33(26)18-20-7-5-4-6-8-20/h4-14,17,25H,3,15-16,18,30H2,1-2H3. The number of hydrogen-bond donors (Lipinski definition) is 1. The molecule has 4 rings (SSSR count). The molecule has 1 heterocycles. The van der Waals surface area contributed by atoms with Gasteiger partial charge in [-0.2, -0.15) is 0 Å². The van der Waals surface area contributed by atoms with Crippen molar-refractivity contribution in [3.8, 4) is 0 Å². The molecule has 0 aliphatic heterocycles. The highest BCUT2D eigenvalue weighted by atomic mass is 35.5. The molecule has 0 saturated carbocycles. The third-order valence-corrected chi connectivity index (χ3v) is 6.36. The summed E-state index contributed by atoms with van der Waals surface area (Å²) in [7, 11) is 0. The third kappa shape index (κ3) is 5.29. The molecule has 2 N–H and O–H groups in total. The Morgan fingerprint density at radius 3 is 2.46 bits per heavy atom. The van der Waals surface area contributed by atoms with Gasteiger partial charge in [0.1, 0.15) is 5.82 Å². The monoisotopic (exact) mass is 488 g/mol. The third-order valence-electron chi connectivity index (χ3n) is 6.12. The first-order valence-corrected chi connectivity index (χ1v) is 12.1. The zero-order valence-electron chi connectivity index (χ0n) is 19.9. The summed E-state index contributed by atoms with van der Waals surface area (Å²) >= 11 is 6.23. The van der Waals surface area contributed by atoms with Gasteiger partial charge in [-0.05, 0) is 49.2 Å². The molecule has 35 heavy (non-hydrogen) atoms. The maximum Gasteiger partial charge on any atom is 0.261 e. The lowest BCUT2D eigenvalue weighted by Gasteiger charge is -2.32. The molecule has 3 aromatic carbocycles. The van der Waals surface area contributed by atoms with Crippen LogP contribution in [0.2, 0.25) is 5.02 Å². The molecule has 0 bridgehead atoms. The Hall–Kier alpha value is -3.48. The summed E-state index contributed by atoms with van der Waals surface area (Å²) < 4.78 is 1.67. The van der Waals surface area contributed by atoms with Gasteiger partial charge in [0, 0.05) is 23.7 Å². The van der Waals surface area contributed by atoms with Crippen LogP contribution in [0.25, 0.3) is 10.9 Å². The van der Waals surface area contributed by atoms with E-state index in [0.717, 1.165) is 11.1 Å². The van der Waals surface area contributed by atoms with Gasteiger partial charge >= 0.3 is 0 Å². The fraction of sp³-hybridized carbons (Fsp3) is 0.250. The van der Waals surface area contributed by atoms with Gasteiger partial charge in [0.15, 0.2) is 0 Å². The maximum absolute atomic E-state index is 13.7. The van der Waals surface area contributed by atoms with Gasteiger partial charge in [-0.15, -0.1) is 0 Å². The molecule has 1 atom stereocenters. The minimum Gasteiger partial charge on any atom is -0.329 e. The van der Waals surface area contributed by atoms with E-state index in [1.54, 1.807) is 27.7 Å². The van der Waals surface area contributed by atoms with Crippen molar-refractivity contribution < 1.29 is 4.79 Å². The van der Waals surface area contributed by atoms with Crippen LogP contribution in [0.4, 0.5) is 0 Å². The van der Waals surface area contributed by atoms with Gasteiger partial charge in [0.05, 0.1) is 23.5 Å². The van der Waals surface area contributed by atoms with Crippen LogP contribution in [0.15, 0.2) is 77.6 Å². The zero-order valence-corrected chi connectivity index (χ0v) is 20.7. The van der Waals surface area contributed by atoms with Crippen molar-refractivity contribution in [3.63, 3.8) is 0 Å². The Balaban J connectivity index is 1.89. The van der Waals surface area contributed by atoms with E-state index >= 15 is 0 Å². The molecule has 0 fully saturated rings. The average molecular weight is 489 g/mol. The van der Waals surface area contributed by atoms with Gasteiger partial charge in [-0.3, -0.25) is 14.2 Å².